The standard InChI is InChI=1S/C13H12IO/c14-12-7-4-8-13(9-12)15-10-11-5-2-1-3-6-11/h1-8H,9-10H2. The van der Waals surface area contributed by atoms with Gasteiger partial charge in [0.25, 0.3) is 0 Å². The molecule has 0 N–H and O–H groups in total. The Balaban J connectivity index is 1.89. The van der Waals surface area contributed by atoms with E-state index < -0.39 is 0 Å². The maximum Gasteiger partial charge on any atom is 0.113 e. The van der Waals surface area contributed by atoms with E-state index in [-0.39, 0.29) is 0 Å². The molecule has 0 unspecified atom stereocenters. The highest BCUT2D eigenvalue weighted by atomic mass is 127. The monoisotopic (exact) mass is 311 g/mol. The van der Waals surface area contributed by atoms with Crippen LogP contribution in [-0.2, 0) is 11.3 Å². The summed E-state index contributed by atoms with van der Waals surface area (Å²) in [7, 11) is 0. The second-order valence-electron chi connectivity index (χ2n) is 3.39. The summed E-state index contributed by atoms with van der Waals surface area (Å²) in [5.74, 6) is 1.05. The van der Waals surface area contributed by atoms with E-state index in [1.54, 1.807) is 0 Å². The van der Waals surface area contributed by atoms with Crippen molar-refractivity contribution < 1.29 is 4.74 Å². The number of benzene rings is 1. The molecule has 0 aliphatic heterocycles. The Labute approximate surface area is 104 Å². The number of allylic oxidation sites excluding steroid dienone is 4. The van der Waals surface area contributed by atoms with Gasteiger partial charge >= 0.3 is 0 Å². The molecule has 0 saturated heterocycles. The summed E-state index contributed by atoms with van der Waals surface area (Å²) in [5, 5.41) is 0. The van der Waals surface area contributed by atoms with Gasteiger partial charge in [0.15, 0.2) is 0 Å². The van der Waals surface area contributed by atoms with Gasteiger partial charge in [0.05, 0.1) is 9.68 Å². The molecule has 2 rings (SSSR count). The van der Waals surface area contributed by atoms with Crippen LogP contribution in [0, 0.1) is 3.92 Å². The molecule has 1 aliphatic carbocycles. The molecule has 0 aromatic heterocycles. The zero-order valence-corrected chi connectivity index (χ0v) is 10.5. The highest BCUT2D eigenvalue weighted by Crippen LogP contribution is 2.27. The summed E-state index contributed by atoms with van der Waals surface area (Å²) >= 11 is 2.34. The Morgan fingerprint density at radius 3 is 2.73 bits per heavy atom. The third kappa shape index (κ3) is 3.38. The van der Waals surface area contributed by atoms with Crippen LogP contribution in [0.2, 0.25) is 0 Å². The second-order valence-corrected chi connectivity index (χ2v) is 4.78. The minimum absolute atomic E-state index is 0.657. The van der Waals surface area contributed by atoms with Gasteiger partial charge < -0.3 is 4.74 Å². The molecule has 1 radical (unpaired) electrons. The van der Waals surface area contributed by atoms with Gasteiger partial charge in [-0.2, -0.15) is 0 Å². The number of hydrogen-bond donors (Lipinski definition) is 0. The molecule has 0 atom stereocenters. The smallest absolute Gasteiger partial charge is 0.113 e. The zero-order chi connectivity index (χ0) is 10.5. The lowest BCUT2D eigenvalue weighted by Gasteiger charge is -2.14. The molecule has 1 aliphatic rings. The van der Waals surface area contributed by atoms with E-state index in [1.165, 1.54) is 9.49 Å². The highest BCUT2D eigenvalue weighted by molar-refractivity contribution is 14.1. The Hall–Kier alpha value is -0.770. The predicted octanol–water partition coefficient (Wildman–Crippen LogP) is 4.01. The third-order valence-corrected chi connectivity index (χ3v) is 2.91. The van der Waals surface area contributed by atoms with Crippen LogP contribution in [0.1, 0.15) is 12.0 Å². The molecule has 0 amide bonds. The lowest BCUT2D eigenvalue weighted by Crippen LogP contribution is -1.98. The van der Waals surface area contributed by atoms with Crippen molar-refractivity contribution >= 4 is 22.6 Å². The van der Waals surface area contributed by atoms with Gasteiger partial charge in [-0.05, 0) is 11.6 Å². The molecule has 15 heavy (non-hydrogen) atoms. The van der Waals surface area contributed by atoms with Crippen molar-refractivity contribution in [1.82, 2.24) is 0 Å². The van der Waals surface area contributed by atoms with Gasteiger partial charge in [-0.3, -0.25) is 0 Å². The van der Waals surface area contributed by atoms with E-state index in [2.05, 4.69) is 40.8 Å². The zero-order valence-electron chi connectivity index (χ0n) is 8.32. The number of rotatable bonds is 3. The van der Waals surface area contributed by atoms with Crippen molar-refractivity contribution in [3.05, 3.63) is 63.8 Å². The first-order valence-electron chi connectivity index (χ1n) is 4.90. The summed E-state index contributed by atoms with van der Waals surface area (Å²) in [4.78, 5) is 0. The van der Waals surface area contributed by atoms with Crippen LogP contribution in [0.5, 0.6) is 0 Å². The van der Waals surface area contributed by atoms with Crippen LogP contribution in [0.3, 0.4) is 0 Å². The van der Waals surface area contributed by atoms with E-state index in [0.717, 1.165) is 12.2 Å². The van der Waals surface area contributed by atoms with Crippen molar-refractivity contribution in [2.24, 2.45) is 0 Å². The first-order valence-corrected chi connectivity index (χ1v) is 5.98. The van der Waals surface area contributed by atoms with Gasteiger partial charge in [-0.25, -0.2) is 0 Å². The minimum atomic E-state index is 0.657. The van der Waals surface area contributed by atoms with Gasteiger partial charge in [0.2, 0.25) is 0 Å². The van der Waals surface area contributed by atoms with E-state index in [4.69, 9.17) is 4.74 Å². The van der Waals surface area contributed by atoms with E-state index in [1.807, 2.05) is 30.4 Å². The van der Waals surface area contributed by atoms with Crippen LogP contribution in [0.4, 0.5) is 0 Å². The maximum absolute atomic E-state index is 5.72. The Morgan fingerprint density at radius 1 is 1.20 bits per heavy atom. The lowest BCUT2D eigenvalue weighted by molar-refractivity contribution is 0.192. The van der Waals surface area contributed by atoms with Crippen molar-refractivity contribution in [3.8, 4) is 0 Å². The summed E-state index contributed by atoms with van der Waals surface area (Å²) in [6.45, 7) is 0.657. The average molecular weight is 311 g/mol. The Kier molecular flexibility index (Phi) is 3.83. The lowest BCUT2D eigenvalue weighted by atomic mass is 10.1. The van der Waals surface area contributed by atoms with Crippen molar-refractivity contribution in [1.29, 1.82) is 0 Å². The summed E-state index contributed by atoms with van der Waals surface area (Å²) in [6, 6.07) is 10.2. The van der Waals surface area contributed by atoms with Crippen LogP contribution >= 0.6 is 22.6 Å². The summed E-state index contributed by atoms with van der Waals surface area (Å²) < 4.78 is 7.04. The largest absolute Gasteiger partial charge is 0.493 e. The Morgan fingerprint density at radius 2 is 2.00 bits per heavy atom. The molecule has 1 aromatic rings. The third-order valence-electron chi connectivity index (χ3n) is 2.17. The van der Waals surface area contributed by atoms with Gasteiger partial charge in [-0.1, -0.05) is 65.1 Å². The van der Waals surface area contributed by atoms with Crippen molar-refractivity contribution in [2.45, 2.75) is 13.0 Å². The fourth-order valence-corrected chi connectivity index (χ4v) is 1.98. The second kappa shape index (κ2) is 5.35. The number of ether oxygens (including phenoxy) is 1. The van der Waals surface area contributed by atoms with Gasteiger partial charge in [-0.15, -0.1) is 0 Å². The fourth-order valence-electron chi connectivity index (χ4n) is 1.39. The molecular weight excluding hydrogens is 299 g/mol. The van der Waals surface area contributed by atoms with Crippen molar-refractivity contribution in [3.63, 3.8) is 0 Å². The number of halogens is 1. The van der Waals surface area contributed by atoms with E-state index >= 15 is 0 Å². The van der Waals surface area contributed by atoms with Crippen LogP contribution in [-0.4, -0.2) is 0 Å². The van der Waals surface area contributed by atoms with Crippen LogP contribution < -0.4 is 0 Å². The van der Waals surface area contributed by atoms with E-state index in [9.17, 15) is 0 Å². The highest BCUT2D eigenvalue weighted by Gasteiger charge is 2.09. The SMILES string of the molecule is I[C]1C=CC=C(OCc2ccccc2)C1. The normalized spacial score (nSPS) is 16.2. The molecule has 77 valence electrons. The van der Waals surface area contributed by atoms with Gasteiger partial charge in [0.1, 0.15) is 6.61 Å². The molecule has 2 heteroatoms. The molecule has 1 aromatic carbocycles. The van der Waals surface area contributed by atoms with Crippen molar-refractivity contribution in [2.75, 3.05) is 0 Å². The molecular formula is C13H12IO. The van der Waals surface area contributed by atoms with Gasteiger partial charge in [0, 0.05) is 6.42 Å². The quantitative estimate of drug-likeness (QED) is 0.766. The first-order chi connectivity index (χ1) is 7.34. The molecule has 0 heterocycles. The molecule has 0 bridgehead atoms. The molecule has 1 nitrogen and oxygen atoms in total. The molecule has 0 fully saturated rings. The average Bonchev–Trinajstić information content (AvgIpc) is 2.28. The van der Waals surface area contributed by atoms with Crippen LogP contribution in [0.15, 0.2) is 54.3 Å². The van der Waals surface area contributed by atoms with Crippen LogP contribution in [0.25, 0.3) is 0 Å². The van der Waals surface area contributed by atoms with E-state index in [0.29, 0.717) is 6.61 Å². The molecule has 0 saturated carbocycles. The first kappa shape index (κ1) is 10.7. The topological polar surface area (TPSA) is 9.23 Å². The summed E-state index contributed by atoms with van der Waals surface area (Å²) in [5.41, 5.74) is 1.21. The molecule has 0 spiro atoms. The minimum Gasteiger partial charge on any atom is -0.493 e. The maximum atomic E-state index is 5.72. The summed E-state index contributed by atoms with van der Waals surface area (Å²) in [6.07, 6.45) is 7.09. The predicted molar refractivity (Wildman–Crippen MR) is 70.3 cm³/mol. The Bertz CT molecular complexity index is 367. The fraction of sp³-hybridized carbons (Fsp3) is 0.154. The number of hydrogen-bond acceptors (Lipinski definition) is 1.